The van der Waals surface area contributed by atoms with E-state index < -0.39 is 139 Å². The molecule has 8 fully saturated rings. The van der Waals surface area contributed by atoms with Crippen LogP contribution in [0.1, 0.15) is 105 Å². The van der Waals surface area contributed by atoms with Gasteiger partial charge in [0.1, 0.15) is 55.6 Å². The van der Waals surface area contributed by atoms with E-state index >= 15 is 0 Å². The summed E-state index contributed by atoms with van der Waals surface area (Å²) in [4.78, 5) is 25.4. The second-order valence-electron chi connectivity index (χ2n) is 21.9. The number of rotatable bonds is 13. The van der Waals surface area contributed by atoms with Gasteiger partial charge in [0.05, 0.1) is 66.0 Å². The molecule has 4 aliphatic carbocycles. The van der Waals surface area contributed by atoms with Crippen molar-refractivity contribution in [3.63, 3.8) is 0 Å². The van der Waals surface area contributed by atoms with Crippen molar-refractivity contribution in [3.8, 4) is 0 Å². The van der Waals surface area contributed by atoms with Crippen molar-refractivity contribution in [1.29, 1.82) is 0 Å². The maximum absolute atomic E-state index is 13.4. The largest absolute Gasteiger partial charge is 0.458 e. The highest BCUT2D eigenvalue weighted by molar-refractivity contribution is 5.85. The zero-order chi connectivity index (χ0) is 49.4. The van der Waals surface area contributed by atoms with Crippen LogP contribution >= 0.6 is 0 Å². The van der Waals surface area contributed by atoms with Crippen LogP contribution < -0.4 is 0 Å². The molecule has 0 spiro atoms. The van der Waals surface area contributed by atoms with E-state index in [0.29, 0.717) is 44.9 Å². The molecule has 1 unspecified atom stereocenters. The number of aliphatic hydroxyl groups is 7. The number of aliphatic hydroxyl groups excluding tert-OH is 5. The van der Waals surface area contributed by atoms with Crippen LogP contribution in [-0.2, 0) is 61.7 Å². The van der Waals surface area contributed by atoms with Crippen LogP contribution in [0.4, 0.5) is 0 Å². The lowest BCUT2D eigenvalue weighted by Gasteiger charge is -2.65. The predicted molar refractivity (Wildman–Crippen MR) is 235 cm³/mol. The fourth-order valence-corrected chi connectivity index (χ4v) is 14.7. The van der Waals surface area contributed by atoms with Crippen LogP contribution in [0.15, 0.2) is 11.6 Å². The van der Waals surface area contributed by atoms with Crippen LogP contribution in [0.3, 0.4) is 0 Å². The third-order valence-corrected chi connectivity index (χ3v) is 18.4. The summed E-state index contributed by atoms with van der Waals surface area (Å²) in [5, 5.41) is 77.3. The average molecular weight is 985 g/mol. The Balaban J connectivity index is 0.766. The molecule has 69 heavy (non-hydrogen) atoms. The van der Waals surface area contributed by atoms with Crippen molar-refractivity contribution >= 4 is 12.3 Å². The maximum Gasteiger partial charge on any atom is 0.331 e. The third kappa shape index (κ3) is 9.10. The molecule has 0 aromatic heterocycles. The Morgan fingerprint density at radius 1 is 0.710 bits per heavy atom. The van der Waals surface area contributed by atoms with Crippen molar-refractivity contribution in [1.82, 2.24) is 0 Å². The smallest absolute Gasteiger partial charge is 0.331 e. The zero-order valence-electron chi connectivity index (χ0n) is 40.6. The van der Waals surface area contributed by atoms with Crippen molar-refractivity contribution < 1.29 is 97.4 Å². The van der Waals surface area contributed by atoms with Crippen molar-refractivity contribution in [2.45, 2.75) is 227 Å². The minimum absolute atomic E-state index is 0.0217. The van der Waals surface area contributed by atoms with E-state index in [2.05, 4.69) is 6.92 Å². The first kappa shape index (κ1) is 52.1. The van der Waals surface area contributed by atoms with Crippen LogP contribution in [0.25, 0.3) is 0 Å². The number of hydrogen-bond donors (Lipinski definition) is 7. The Kier molecular flexibility index (Phi) is 15.2. The van der Waals surface area contributed by atoms with Gasteiger partial charge in [-0.2, -0.15) is 0 Å². The van der Waals surface area contributed by atoms with Crippen molar-refractivity contribution in [2.75, 3.05) is 27.4 Å². The molecule has 9 rings (SSSR count). The molecule has 20 nitrogen and oxygen atoms in total. The van der Waals surface area contributed by atoms with Crippen molar-refractivity contribution in [2.24, 2.45) is 28.6 Å². The molecule has 4 saturated carbocycles. The Morgan fingerprint density at radius 3 is 1.91 bits per heavy atom. The van der Waals surface area contributed by atoms with Gasteiger partial charge in [-0.25, -0.2) is 4.79 Å². The molecule has 392 valence electrons. The first-order valence-corrected chi connectivity index (χ1v) is 25.2. The fraction of sp³-hybridized carbons (Fsp3) is 0.918. The summed E-state index contributed by atoms with van der Waals surface area (Å²) in [6, 6.07) is 0. The molecule has 5 aliphatic heterocycles. The van der Waals surface area contributed by atoms with Gasteiger partial charge >= 0.3 is 5.97 Å². The summed E-state index contributed by atoms with van der Waals surface area (Å²) in [7, 11) is 3.06. The topological polar surface area (TPSA) is 277 Å². The van der Waals surface area contributed by atoms with E-state index in [1.54, 1.807) is 27.0 Å². The van der Waals surface area contributed by atoms with E-state index in [-0.39, 0.29) is 56.0 Å². The van der Waals surface area contributed by atoms with Gasteiger partial charge in [-0.1, -0.05) is 6.92 Å². The first-order chi connectivity index (χ1) is 32.8. The molecule has 7 N–H and O–H groups in total. The van der Waals surface area contributed by atoms with Gasteiger partial charge in [-0.15, -0.1) is 0 Å². The molecule has 0 radical (unpaired) electrons. The summed E-state index contributed by atoms with van der Waals surface area (Å²) in [5.41, 5.74) is -2.94. The number of fused-ring (bicyclic) bond motifs is 5. The van der Waals surface area contributed by atoms with Crippen molar-refractivity contribution in [3.05, 3.63) is 11.6 Å². The van der Waals surface area contributed by atoms with E-state index in [4.69, 9.17) is 52.1 Å². The summed E-state index contributed by atoms with van der Waals surface area (Å²) in [6.45, 7) is 7.16. The number of methoxy groups -OCH3 is 2. The number of hydrogen-bond acceptors (Lipinski definition) is 20. The summed E-state index contributed by atoms with van der Waals surface area (Å²) >= 11 is 0. The molecule has 0 bridgehead atoms. The van der Waals surface area contributed by atoms with E-state index in [1.807, 2.05) is 6.92 Å². The van der Waals surface area contributed by atoms with Gasteiger partial charge in [0.15, 0.2) is 25.2 Å². The highest BCUT2D eigenvalue weighted by atomic mass is 16.8. The lowest BCUT2D eigenvalue weighted by atomic mass is 9.41. The van der Waals surface area contributed by atoms with Gasteiger partial charge in [-0.3, -0.25) is 0 Å². The number of ether oxygens (including phenoxy) is 11. The molecule has 20 heteroatoms. The Bertz CT molecular complexity index is 1840. The minimum Gasteiger partial charge on any atom is -0.458 e. The monoisotopic (exact) mass is 984 g/mol. The van der Waals surface area contributed by atoms with Gasteiger partial charge in [-0.05, 0) is 95.5 Å². The van der Waals surface area contributed by atoms with Crippen LogP contribution in [0, 0.1) is 28.6 Å². The lowest BCUT2D eigenvalue weighted by Crippen LogP contribution is -2.69. The minimum atomic E-state index is -1.60. The van der Waals surface area contributed by atoms with Crippen LogP contribution in [0.2, 0.25) is 0 Å². The second-order valence-corrected chi connectivity index (χ2v) is 21.9. The molecule has 9 aliphatic rings. The molecule has 4 saturated heterocycles. The molecule has 0 aromatic carbocycles. The van der Waals surface area contributed by atoms with Crippen LogP contribution in [-0.4, -0.2) is 197 Å². The molecule has 0 amide bonds. The maximum atomic E-state index is 13.4. The Morgan fingerprint density at radius 2 is 1.32 bits per heavy atom. The zero-order valence-corrected chi connectivity index (χ0v) is 40.6. The fourth-order valence-electron chi connectivity index (χ4n) is 14.7. The molecule has 5 heterocycles. The third-order valence-electron chi connectivity index (χ3n) is 18.4. The number of esters is 1. The normalized spacial score (nSPS) is 53.4. The van der Waals surface area contributed by atoms with Crippen LogP contribution in [0.5, 0.6) is 0 Å². The van der Waals surface area contributed by atoms with E-state index in [1.165, 1.54) is 7.11 Å². The Hall–Kier alpha value is -1.80. The van der Waals surface area contributed by atoms with Gasteiger partial charge in [0.25, 0.3) is 0 Å². The Labute approximate surface area is 403 Å². The highest BCUT2D eigenvalue weighted by Gasteiger charge is 2.72. The molecule has 25 atom stereocenters. The quantitative estimate of drug-likeness (QED) is 0.0759. The van der Waals surface area contributed by atoms with E-state index in [9.17, 15) is 45.3 Å². The predicted octanol–water partition coefficient (Wildman–Crippen LogP) is 0.674. The first-order valence-electron chi connectivity index (χ1n) is 25.2. The van der Waals surface area contributed by atoms with Gasteiger partial charge in [0.2, 0.25) is 0 Å². The summed E-state index contributed by atoms with van der Waals surface area (Å²) in [5.74, 6) is -0.686. The SMILES string of the molecule is CO[C@H]1C[C@H](O[C@H]2[C@@H](O)C[C@H](O[C@H]3CC[C@]4(C=O)[C@H]5CC[C@]6(C)C(C7=CC(=O)OC7)CC[C@]6(O)[C@@H]5CC[C@]4(O)C3)O[C@@H]2C)O[C@H](C)[C@H]1O[C@H]1C[C@@H](OC)[C@@H](O[C@@H]2O[C@H](CO)[C@@H](O)[C@H](O)[C@H]2O)[C@@H](C)O1. The lowest BCUT2D eigenvalue weighted by molar-refractivity contribution is -0.357. The molecular formula is C49H76O20. The van der Waals surface area contributed by atoms with Gasteiger partial charge < -0.3 is 92.6 Å². The van der Waals surface area contributed by atoms with Gasteiger partial charge in [0, 0.05) is 51.4 Å². The number of cyclic esters (lactones) is 1. The van der Waals surface area contributed by atoms with E-state index in [0.717, 1.165) is 18.3 Å². The summed E-state index contributed by atoms with van der Waals surface area (Å²) in [6.07, 6.45) is -8.22. The average Bonchev–Trinajstić information content (AvgIpc) is 3.87. The molecular weight excluding hydrogens is 909 g/mol. The summed E-state index contributed by atoms with van der Waals surface area (Å²) < 4.78 is 66.8. The number of carbonyl (C=O) groups is 2. The highest BCUT2D eigenvalue weighted by Crippen LogP contribution is 2.70. The standard InChI is InChI=1S/C49H76O20/c1-23-42(67-37-17-32(59-5)43(24(2)63-37)68-38-18-33(60-6)44(25(3)64-38)69-45-41(56)40(55)39(54)34(20-50)66-45)31(52)16-36(62-23)65-27-7-12-47(22-51)29-8-11-46(4)28(26-15-35(53)61-21-26)10-14-49(46,58)30(29)9-13-48(47,57)19-27/h15,22-25,27-34,36-45,50,52,54-58H,7-14,16-21H2,1-6H3/t23-,24-,25-,27+,28?,29+,30-,31+,32+,33-,34-,36+,37+,38+,39-,40+,41-,42-,43-,44+,45+,46-,47+,48+,49+/m1/s1. The number of aldehydes is 1. The molecule has 0 aromatic rings. The number of carbonyl (C=O) groups excluding carboxylic acids is 2. The second kappa shape index (κ2) is 20.1.